The van der Waals surface area contributed by atoms with E-state index in [-0.39, 0.29) is 18.8 Å². The molecule has 1 N–H and O–H groups in total. The lowest BCUT2D eigenvalue weighted by Gasteiger charge is -2.46. The molecule has 0 bridgehead atoms. The fraction of sp³-hybridized carbons (Fsp3) is 0.596. The number of aromatic nitrogens is 3. The molecule has 576 valence electrons. The van der Waals surface area contributed by atoms with E-state index in [0.29, 0.717) is 46.0 Å². The minimum atomic E-state index is -0.911. The molecule has 11 heteroatoms. The number of nitrogens with zero attached hydrogens (tertiary/aromatic N) is 3. The van der Waals surface area contributed by atoms with Crippen molar-refractivity contribution < 1.29 is 33.2 Å². The molecule has 0 saturated carbocycles. The molecule has 1 fully saturated rings. The molecule has 1 aromatic heterocycles. The molecule has 0 spiro atoms. The number of rotatable bonds is 63. The van der Waals surface area contributed by atoms with Crippen LogP contribution in [0.1, 0.15) is 290 Å². The predicted octanol–water partition coefficient (Wildman–Crippen LogP) is 24.0. The summed E-state index contributed by atoms with van der Waals surface area (Å²) in [5, 5.41) is 13.6. The zero-order chi connectivity index (χ0) is 72.8. The van der Waals surface area contributed by atoms with E-state index in [1.54, 1.807) is 0 Å². The van der Waals surface area contributed by atoms with Gasteiger partial charge in [-0.2, -0.15) is 0 Å². The van der Waals surface area contributed by atoms with Gasteiger partial charge in [0.05, 0.1) is 64.0 Å². The highest BCUT2D eigenvalue weighted by atomic mass is 16.7. The Bertz CT molecular complexity index is 3110. The Hall–Kier alpha value is -5.86. The lowest BCUT2D eigenvalue weighted by Crippen LogP contribution is -2.62. The van der Waals surface area contributed by atoms with Gasteiger partial charge in [-0.25, -0.2) is 4.68 Å². The molecule has 105 heavy (non-hydrogen) atoms. The minimum absolute atomic E-state index is 0.247. The lowest BCUT2D eigenvalue weighted by molar-refractivity contribution is -0.327. The highest BCUT2D eigenvalue weighted by Gasteiger charge is 2.50. The Morgan fingerprint density at radius 1 is 0.362 bits per heavy atom. The van der Waals surface area contributed by atoms with Crippen LogP contribution in [0.4, 0.5) is 0 Å². The van der Waals surface area contributed by atoms with E-state index in [9.17, 15) is 0 Å². The van der Waals surface area contributed by atoms with Gasteiger partial charge in [0.2, 0.25) is 0 Å². The fourth-order valence-electron chi connectivity index (χ4n) is 14.9. The van der Waals surface area contributed by atoms with Gasteiger partial charge in [-0.15, -0.1) is 5.10 Å². The molecule has 1 saturated heterocycles. The quantitative estimate of drug-likeness (QED) is 0.0370. The maximum atomic E-state index is 7.54. The molecule has 1 aliphatic rings. The maximum Gasteiger partial charge on any atom is 0.186 e. The molecule has 0 aliphatic carbocycles. The van der Waals surface area contributed by atoms with Crippen LogP contribution in [0.25, 0.3) is 0 Å². The summed E-state index contributed by atoms with van der Waals surface area (Å²) in [6.07, 6.45) is 47.7. The highest BCUT2D eigenvalue weighted by Crippen LogP contribution is 2.34. The van der Waals surface area contributed by atoms with Crippen LogP contribution in [0.2, 0.25) is 0 Å². The van der Waals surface area contributed by atoms with Crippen molar-refractivity contribution in [2.75, 3.05) is 13.2 Å². The van der Waals surface area contributed by atoms with Crippen LogP contribution in [-0.2, 0) is 79.2 Å². The van der Waals surface area contributed by atoms with E-state index in [4.69, 9.17) is 43.5 Å². The van der Waals surface area contributed by atoms with Crippen LogP contribution in [0, 0.1) is 0 Å². The van der Waals surface area contributed by atoms with Crippen molar-refractivity contribution in [3.8, 4) is 0 Å². The topological polar surface area (TPSA) is 107 Å². The highest BCUT2D eigenvalue weighted by molar-refractivity contribution is 5.21. The minimum Gasteiger partial charge on any atom is -0.371 e. The third-order valence-corrected chi connectivity index (χ3v) is 21.2. The summed E-state index contributed by atoms with van der Waals surface area (Å²) in [7, 11) is 0. The molecule has 11 nitrogen and oxygen atoms in total. The molecular formula is C94H138N4O7. The zero-order valence-electron chi connectivity index (χ0n) is 65.2. The van der Waals surface area contributed by atoms with Crippen LogP contribution < -0.4 is 5.32 Å². The van der Waals surface area contributed by atoms with Crippen LogP contribution in [0.3, 0.4) is 0 Å². The number of hydrogen-bond acceptors (Lipinski definition) is 10. The first-order chi connectivity index (χ1) is 52.1. The fourth-order valence-corrected chi connectivity index (χ4v) is 14.9. The van der Waals surface area contributed by atoms with E-state index in [1.165, 1.54) is 211 Å². The van der Waals surface area contributed by atoms with Gasteiger partial charge in [0, 0.05) is 12.6 Å². The third-order valence-electron chi connectivity index (χ3n) is 21.2. The van der Waals surface area contributed by atoms with Gasteiger partial charge in [-0.3, -0.25) is 0 Å². The Morgan fingerprint density at radius 2 is 0.705 bits per heavy atom. The second kappa shape index (κ2) is 55.5. The van der Waals surface area contributed by atoms with Crippen molar-refractivity contribution in [3.63, 3.8) is 0 Å². The van der Waals surface area contributed by atoms with E-state index in [0.717, 1.165) is 72.2 Å². The second-order valence-corrected chi connectivity index (χ2v) is 30.2. The predicted molar refractivity (Wildman–Crippen MR) is 433 cm³/mol. The number of unbranched alkanes of at least 4 members (excludes halogenated alkanes) is 34. The van der Waals surface area contributed by atoms with E-state index in [1.807, 2.05) is 35.1 Å². The summed E-state index contributed by atoms with van der Waals surface area (Å²) >= 11 is 0. The van der Waals surface area contributed by atoms with Gasteiger partial charge in [0.1, 0.15) is 30.5 Å². The summed E-state index contributed by atoms with van der Waals surface area (Å²) in [6, 6.07) is 62.5. The molecule has 2 heterocycles. The SMILES string of the molecule is CCCCCCCCCCCCCCCCCCCCCCCCCCN[C@@H](CO[C@H]1O[C@H](Cn2cc(Cc3ccccc3)nn2)[C@H](OCc2ccccc2)[C@H](OCc2ccccc2)[C@H]1OCc1ccccc1)[C@H](OCc1ccccc1)[C@@H](CCCCCCCCCCCCCC)OCc1ccccc1. The van der Waals surface area contributed by atoms with E-state index >= 15 is 0 Å². The van der Waals surface area contributed by atoms with Gasteiger partial charge < -0.3 is 38.5 Å². The number of benzene rings is 6. The normalized spacial score (nSPS) is 16.9. The number of ether oxygens (including phenoxy) is 7. The number of nitrogens with one attached hydrogen (secondary N) is 1. The summed E-state index contributed by atoms with van der Waals surface area (Å²) < 4.78 is 53.3. The van der Waals surface area contributed by atoms with E-state index < -0.39 is 36.8 Å². The lowest BCUT2D eigenvalue weighted by atomic mass is 9.96. The zero-order valence-corrected chi connectivity index (χ0v) is 65.2. The summed E-state index contributed by atoms with van der Waals surface area (Å²) in [5.41, 5.74) is 7.42. The van der Waals surface area contributed by atoms with Gasteiger partial charge in [0.15, 0.2) is 6.29 Å². The third kappa shape index (κ3) is 36.3. The molecule has 6 aromatic carbocycles. The second-order valence-electron chi connectivity index (χ2n) is 30.2. The Kier molecular flexibility index (Phi) is 44.8. The molecule has 0 amide bonds. The maximum absolute atomic E-state index is 7.54. The van der Waals surface area contributed by atoms with E-state index in [2.05, 4.69) is 177 Å². The first-order valence-corrected chi connectivity index (χ1v) is 42.3. The molecule has 8 rings (SSSR count). The standard InChI is InChI=1S/C94H138N4O7/c1-3-5-7-9-11-13-15-17-18-19-20-21-22-23-24-25-26-27-28-30-32-34-36-56-70-95-87(90(100-75-82-61-47-39-48-62-82)88(99-74-81-59-45-38-46-60-81)69-55-35-33-31-29-16-14-12-10-8-6-4-2)79-104-94-93(103-78-85-67-53-42-54-68-85)92(102-77-84-65-51-41-52-66-84)91(101-76-83-63-49-40-50-64-83)89(105-94)73-98-72-86(96-97-98)71-80-57-43-37-44-58-80/h37-54,57-68,72,87-95H,3-36,55-56,69-71,73-79H2,1-2H3/t87-,88+,89+,90-,91-,92-,93+,94-/m0/s1. The van der Waals surface area contributed by atoms with Crippen LogP contribution in [-0.4, -0.2) is 77.1 Å². The number of hydrogen-bond donors (Lipinski definition) is 1. The van der Waals surface area contributed by atoms with Gasteiger partial charge in [-0.1, -0.05) is 426 Å². The average Bonchev–Trinajstić information content (AvgIpc) is 1.43. The largest absolute Gasteiger partial charge is 0.371 e. The first-order valence-electron chi connectivity index (χ1n) is 42.3. The van der Waals surface area contributed by atoms with Crippen LogP contribution in [0.5, 0.6) is 0 Å². The van der Waals surface area contributed by atoms with Crippen molar-refractivity contribution in [3.05, 3.63) is 227 Å². The van der Waals surface area contributed by atoms with Gasteiger partial charge in [-0.05, 0) is 52.8 Å². The summed E-state index contributed by atoms with van der Waals surface area (Å²) in [5.74, 6) is 0. The van der Waals surface area contributed by atoms with Crippen molar-refractivity contribution in [1.29, 1.82) is 0 Å². The van der Waals surface area contributed by atoms with Crippen LogP contribution in [0.15, 0.2) is 188 Å². The van der Waals surface area contributed by atoms with Crippen molar-refractivity contribution in [1.82, 2.24) is 20.3 Å². The monoisotopic (exact) mass is 1440 g/mol. The van der Waals surface area contributed by atoms with Crippen molar-refractivity contribution in [2.45, 2.75) is 346 Å². The Labute approximate surface area is 636 Å². The summed E-state index contributed by atoms with van der Waals surface area (Å²) in [4.78, 5) is 0. The smallest absolute Gasteiger partial charge is 0.186 e. The Morgan fingerprint density at radius 3 is 1.11 bits per heavy atom. The Balaban J connectivity index is 0.995. The molecular weight excluding hydrogens is 1300 g/mol. The molecule has 1 aliphatic heterocycles. The molecule has 8 atom stereocenters. The molecule has 7 aromatic rings. The van der Waals surface area contributed by atoms with Gasteiger partial charge >= 0.3 is 0 Å². The molecule has 0 radical (unpaired) electrons. The van der Waals surface area contributed by atoms with Crippen LogP contribution >= 0.6 is 0 Å². The van der Waals surface area contributed by atoms with Gasteiger partial charge in [0.25, 0.3) is 0 Å². The average molecular weight is 1440 g/mol. The summed E-state index contributed by atoms with van der Waals surface area (Å²) in [6.45, 7) is 7.86. The van der Waals surface area contributed by atoms with Crippen molar-refractivity contribution in [2.24, 2.45) is 0 Å². The molecule has 0 unspecified atom stereocenters. The first kappa shape index (κ1) is 84.8. The van der Waals surface area contributed by atoms with Crippen molar-refractivity contribution >= 4 is 0 Å².